The van der Waals surface area contributed by atoms with Gasteiger partial charge < -0.3 is 15.0 Å². The topological polar surface area (TPSA) is 35.5 Å². The first kappa shape index (κ1) is 25.4. The molecule has 0 aliphatic carbocycles. The van der Waals surface area contributed by atoms with Crippen molar-refractivity contribution in [1.29, 1.82) is 0 Å². The van der Waals surface area contributed by atoms with Crippen LogP contribution in [-0.4, -0.2) is 30.5 Å². The molecule has 0 aromatic heterocycles. The van der Waals surface area contributed by atoms with Crippen molar-refractivity contribution < 1.29 is 32.5 Å². The third kappa shape index (κ3) is 21.9. The minimum absolute atomic E-state index is 0. The fourth-order valence-corrected chi connectivity index (χ4v) is 5.34. The molecule has 19 heavy (non-hydrogen) atoms. The molecule has 0 aromatic rings. The van der Waals surface area contributed by atoms with Crippen LogP contribution in [0.1, 0.15) is 41.5 Å². The summed E-state index contributed by atoms with van der Waals surface area (Å²) in [7, 11) is 0. The Morgan fingerprint density at radius 2 is 1.42 bits per heavy atom. The second-order valence-corrected chi connectivity index (χ2v) is 9.40. The maximum atomic E-state index is 11.9. The van der Waals surface area contributed by atoms with Gasteiger partial charge in [-0.25, -0.2) is 4.57 Å². The van der Waals surface area contributed by atoms with Crippen LogP contribution < -0.4 is 18.9 Å². The van der Waals surface area contributed by atoms with Crippen LogP contribution in [0.5, 0.6) is 0 Å². The summed E-state index contributed by atoms with van der Waals surface area (Å²) in [5, 5.41) is 0. The third-order valence-corrected chi connectivity index (χ3v) is 6.40. The number of hydrogen-bond donors (Lipinski definition) is 0. The van der Waals surface area contributed by atoms with Crippen molar-refractivity contribution in [3.8, 4) is 0 Å². The minimum atomic E-state index is -2.86. The van der Waals surface area contributed by atoms with Gasteiger partial charge in [0.25, 0.3) is 0 Å². The number of hydrogen-bond acceptors (Lipinski definition) is 5. The van der Waals surface area contributed by atoms with Gasteiger partial charge in [-0.3, -0.25) is 0 Å². The van der Waals surface area contributed by atoms with E-state index in [9.17, 15) is 4.57 Å². The van der Waals surface area contributed by atoms with Gasteiger partial charge in [-0.05, 0) is 31.0 Å². The molecule has 0 saturated carbocycles. The molecule has 0 N–H and O–H groups in total. The van der Waals surface area contributed by atoms with Crippen molar-refractivity contribution in [2.45, 2.75) is 41.5 Å². The maximum absolute atomic E-state index is 11.9. The Labute approximate surface area is 140 Å². The summed E-state index contributed by atoms with van der Waals surface area (Å²) in [5.41, 5.74) is 0. The van der Waals surface area contributed by atoms with Gasteiger partial charge in [0.2, 0.25) is 0 Å². The molecular weight excluding hydrogens is 294 g/mol. The molecule has 0 saturated heterocycles. The predicted molar refractivity (Wildman–Crippen MR) is 86.6 cm³/mol. The van der Waals surface area contributed by atoms with Crippen LogP contribution in [0.3, 0.4) is 0 Å². The molecule has 0 unspecified atom stereocenters. The third-order valence-electron chi connectivity index (χ3n) is 1.26. The average molecular weight is 322 g/mol. The first-order chi connectivity index (χ1) is 8.41. The monoisotopic (exact) mass is 322 g/mol. The summed E-state index contributed by atoms with van der Waals surface area (Å²) in [6, 6.07) is 0. The van der Waals surface area contributed by atoms with E-state index < -0.39 is 6.80 Å². The quantitative estimate of drug-likeness (QED) is 0.282. The Morgan fingerprint density at radius 1 is 1.00 bits per heavy atom. The molecule has 3 nitrogen and oxygen atoms in total. The van der Waals surface area contributed by atoms with Crippen LogP contribution in [0.15, 0.2) is 0 Å². The van der Waals surface area contributed by atoms with Gasteiger partial charge in [0, 0.05) is 11.5 Å². The first-order valence-electron chi connectivity index (χ1n) is 6.29. The van der Waals surface area contributed by atoms with Crippen LogP contribution in [0, 0.1) is 5.92 Å². The van der Waals surface area contributed by atoms with E-state index in [-0.39, 0.29) is 18.9 Å². The summed E-state index contributed by atoms with van der Waals surface area (Å²) in [4.78, 5) is 0. The second-order valence-electron chi connectivity index (χ2n) is 3.81. The van der Waals surface area contributed by atoms with Gasteiger partial charge in [0.15, 0.2) is 0 Å². The number of rotatable bonds is 9. The van der Waals surface area contributed by atoms with E-state index in [1.807, 2.05) is 25.6 Å². The van der Waals surface area contributed by atoms with Crippen LogP contribution in [0.25, 0.3) is 0 Å². The molecule has 0 aliphatic heterocycles. The Morgan fingerprint density at radius 3 is 1.74 bits per heavy atom. The maximum Gasteiger partial charge on any atom is 1.00 e. The van der Waals surface area contributed by atoms with Crippen LogP contribution >= 0.6 is 29.9 Å². The van der Waals surface area contributed by atoms with Gasteiger partial charge >= 0.3 is 25.7 Å². The standard InChI is InChI=1S/C8H19O3PS2.C4H9.Li/c1-4-10-12(9,11-5-2)14-8-7-13-6-3;1-4(2)3;/h4-8H2,1-3H3;1-3H3;/q;-1;+1. The van der Waals surface area contributed by atoms with E-state index in [0.29, 0.717) is 13.2 Å². The summed E-state index contributed by atoms with van der Waals surface area (Å²) >= 11 is 3.14. The van der Waals surface area contributed by atoms with Crippen molar-refractivity contribution in [3.05, 3.63) is 5.92 Å². The van der Waals surface area contributed by atoms with E-state index in [2.05, 4.69) is 27.7 Å². The molecule has 0 radical (unpaired) electrons. The van der Waals surface area contributed by atoms with Crippen molar-refractivity contribution >= 4 is 29.9 Å². The first-order valence-corrected chi connectivity index (χ1v) is 10.6. The van der Waals surface area contributed by atoms with E-state index in [1.54, 1.807) is 0 Å². The molecule has 7 heteroatoms. The zero-order chi connectivity index (χ0) is 14.4. The van der Waals surface area contributed by atoms with Gasteiger partial charge in [-0.15, -0.1) is 0 Å². The molecule has 0 amide bonds. The van der Waals surface area contributed by atoms with Crippen LogP contribution in [-0.2, 0) is 13.6 Å². The van der Waals surface area contributed by atoms with Crippen molar-refractivity contribution in [2.24, 2.45) is 0 Å². The molecule has 112 valence electrons. The van der Waals surface area contributed by atoms with Crippen molar-refractivity contribution in [3.63, 3.8) is 0 Å². The van der Waals surface area contributed by atoms with E-state index >= 15 is 0 Å². The minimum Gasteiger partial charge on any atom is -0.323 e. The summed E-state index contributed by atoms with van der Waals surface area (Å²) in [6.45, 7) is 10.0. The molecule has 0 heterocycles. The number of thioether (sulfide) groups is 1. The smallest absolute Gasteiger partial charge is 0.323 e. The summed E-state index contributed by atoms with van der Waals surface area (Å²) in [6.07, 6.45) is 0. The molecule has 0 aliphatic rings. The molecule has 0 fully saturated rings. The Kier molecular flexibility index (Phi) is 23.4. The summed E-state index contributed by atoms with van der Waals surface area (Å²) in [5.74, 6) is 4.31. The molecule has 0 spiro atoms. The van der Waals surface area contributed by atoms with Crippen molar-refractivity contribution in [1.82, 2.24) is 0 Å². The fourth-order valence-electron chi connectivity index (χ4n) is 0.780. The molecular formula is C12H28LiO3PS2. The van der Waals surface area contributed by atoms with Gasteiger partial charge in [-0.2, -0.15) is 32.5 Å². The predicted octanol–water partition coefficient (Wildman–Crippen LogP) is 2.28. The van der Waals surface area contributed by atoms with Gasteiger partial charge in [-0.1, -0.05) is 6.92 Å². The van der Waals surface area contributed by atoms with E-state index in [1.165, 1.54) is 17.3 Å². The Bertz CT molecular complexity index is 206. The molecule has 0 rings (SSSR count). The summed E-state index contributed by atoms with van der Waals surface area (Å²) < 4.78 is 22.2. The van der Waals surface area contributed by atoms with Crippen molar-refractivity contribution in [2.75, 3.05) is 30.5 Å². The zero-order valence-electron chi connectivity index (χ0n) is 13.5. The largest absolute Gasteiger partial charge is 1.00 e. The van der Waals surface area contributed by atoms with Gasteiger partial charge in [0.1, 0.15) is 0 Å². The Hall–Kier alpha value is 1.45. The Balaban J connectivity index is -0.000000448. The normalized spacial score (nSPS) is 10.7. The SMILES string of the molecule is CCOP(=O)(OCC)SCCSCC.C[C-](C)C.[Li+]. The molecule has 0 atom stereocenters. The van der Waals surface area contributed by atoms with Crippen LogP contribution in [0.4, 0.5) is 0 Å². The fraction of sp³-hybridized carbons (Fsp3) is 0.917. The molecule has 0 bridgehead atoms. The second kappa shape index (κ2) is 17.5. The van der Waals surface area contributed by atoms with E-state index in [0.717, 1.165) is 17.3 Å². The van der Waals surface area contributed by atoms with Gasteiger partial charge in [0.05, 0.1) is 13.2 Å². The van der Waals surface area contributed by atoms with E-state index in [4.69, 9.17) is 9.05 Å². The zero-order valence-corrected chi connectivity index (χ0v) is 16.1. The van der Waals surface area contributed by atoms with Crippen LogP contribution in [0.2, 0.25) is 0 Å². The average Bonchev–Trinajstić information content (AvgIpc) is 2.24. The molecule has 0 aromatic carbocycles.